The maximum Gasteiger partial charge on any atom is 0.417 e. The summed E-state index contributed by atoms with van der Waals surface area (Å²) in [6.45, 7) is 1.38. The molecule has 0 atom stereocenters. The Kier molecular flexibility index (Phi) is 4.28. The van der Waals surface area contributed by atoms with Gasteiger partial charge in [0.2, 0.25) is 0 Å². The summed E-state index contributed by atoms with van der Waals surface area (Å²) in [5.41, 5.74) is -1.80. The maximum atomic E-state index is 12.4. The van der Waals surface area contributed by atoms with Crippen molar-refractivity contribution >= 4 is 23.4 Å². The molecule has 4 nitrogen and oxygen atoms in total. The number of esters is 1. The molecular formula is C10H7ClF3NO3. The zero-order valence-corrected chi connectivity index (χ0v) is 9.80. The molecule has 18 heavy (non-hydrogen) atoms. The normalized spacial score (nSPS) is 11.2. The zero-order chi connectivity index (χ0) is 13.9. The minimum Gasteiger partial charge on any atom is -0.460 e. The van der Waals surface area contributed by atoms with E-state index in [2.05, 4.69) is 9.72 Å². The molecule has 0 amide bonds. The van der Waals surface area contributed by atoms with Gasteiger partial charge in [0.05, 0.1) is 17.7 Å². The van der Waals surface area contributed by atoms with E-state index in [0.29, 0.717) is 12.3 Å². The van der Waals surface area contributed by atoms with Crippen LogP contribution in [0.2, 0.25) is 5.15 Å². The second-order valence-corrected chi connectivity index (χ2v) is 3.47. The molecule has 1 heterocycles. The lowest BCUT2D eigenvalue weighted by molar-refractivity contribution is -0.139. The lowest BCUT2D eigenvalue weighted by Gasteiger charge is -2.08. The molecule has 1 rings (SSSR count). The Morgan fingerprint density at radius 1 is 1.44 bits per heavy atom. The van der Waals surface area contributed by atoms with Crippen LogP contribution >= 0.6 is 11.6 Å². The van der Waals surface area contributed by atoms with E-state index in [1.165, 1.54) is 6.92 Å². The number of alkyl halides is 3. The smallest absolute Gasteiger partial charge is 0.417 e. The second kappa shape index (κ2) is 5.34. The Hall–Kier alpha value is -1.63. The summed E-state index contributed by atoms with van der Waals surface area (Å²) >= 11 is 5.48. The van der Waals surface area contributed by atoms with Crippen LogP contribution in [0.25, 0.3) is 0 Å². The summed E-state index contributed by atoms with van der Waals surface area (Å²) < 4.78 is 41.6. The standard InChI is InChI=1S/C10H7ClF3NO3/c1-2-18-9(17)7(16)6-3-5(10(12,13)14)4-15-8(6)11/h3-4H,2H2,1H3. The van der Waals surface area contributed by atoms with E-state index in [4.69, 9.17) is 11.6 Å². The molecule has 0 unspecified atom stereocenters. The molecule has 1 aromatic rings. The number of Topliss-reactive ketones (excluding diaryl/α,β-unsaturated/α-hetero) is 1. The largest absolute Gasteiger partial charge is 0.460 e. The molecule has 0 saturated heterocycles. The van der Waals surface area contributed by atoms with Gasteiger partial charge in [-0.1, -0.05) is 11.6 Å². The summed E-state index contributed by atoms with van der Waals surface area (Å²) in [6, 6.07) is 0.467. The number of nitrogens with zero attached hydrogens (tertiary/aromatic N) is 1. The van der Waals surface area contributed by atoms with Crippen molar-refractivity contribution in [2.45, 2.75) is 13.1 Å². The number of ketones is 1. The average molecular weight is 282 g/mol. The fourth-order valence-electron chi connectivity index (χ4n) is 1.07. The first kappa shape index (κ1) is 14.4. The highest BCUT2D eigenvalue weighted by molar-refractivity contribution is 6.45. The zero-order valence-electron chi connectivity index (χ0n) is 9.05. The highest BCUT2D eigenvalue weighted by Crippen LogP contribution is 2.30. The van der Waals surface area contributed by atoms with Crippen LogP contribution in [0.5, 0.6) is 0 Å². The lowest BCUT2D eigenvalue weighted by Crippen LogP contribution is -2.19. The van der Waals surface area contributed by atoms with Crippen LogP contribution in [-0.2, 0) is 15.7 Å². The Morgan fingerprint density at radius 3 is 2.56 bits per heavy atom. The molecule has 0 aliphatic rings. The summed E-state index contributed by atoms with van der Waals surface area (Å²) in [7, 11) is 0. The highest BCUT2D eigenvalue weighted by atomic mass is 35.5. The third kappa shape index (κ3) is 3.19. The second-order valence-electron chi connectivity index (χ2n) is 3.11. The van der Waals surface area contributed by atoms with Crippen LogP contribution in [0.1, 0.15) is 22.8 Å². The van der Waals surface area contributed by atoms with Gasteiger partial charge >= 0.3 is 12.1 Å². The first-order chi connectivity index (χ1) is 8.27. The SMILES string of the molecule is CCOC(=O)C(=O)c1cc(C(F)(F)F)cnc1Cl. The fraction of sp³-hybridized carbons (Fsp3) is 0.300. The van der Waals surface area contributed by atoms with Crippen molar-refractivity contribution in [2.24, 2.45) is 0 Å². The number of carbonyl (C=O) groups is 2. The van der Waals surface area contributed by atoms with E-state index in [1.807, 2.05) is 0 Å². The Balaban J connectivity index is 3.16. The highest BCUT2D eigenvalue weighted by Gasteiger charge is 2.33. The molecule has 0 bridgehead atoms. The lowest BCUT2D eigenvalue weighted by atomic mass is 10.1. The van der Waals surface area contributed by atoms with E-state index >= 15 is 0 Å². The van der Waals surface area contributed by atoms with Gasteiger partial charge in [-0.05, 0) is 13.0 Å². The van der Waals surface area contributed by atoms with Gasteiger partial charge in [-0.25, -0.2) is 9.78 Å². The number of pyridine rings is 1. The van der Waals surface area contributed by atoms with Crippen LogP contribution in [0.3, 0.4) is 0 Å². The monoisotopic (exact) mass is 281 g/mol. The minimum absolute atomic E-state index is 0.0748. The molecule has 0 aliphatic heterocycles. The molecule has 0 aromatic carbocycles. The van der Waals surface area contributed by atoms with Crippen LogP contribution in [-0.4, -0.2) is 23.3 Å². The van der Waals surface area contributed by atoms with Crippen molar-refractivity contribution in [3.63, 3.8) is 0 Å². The van der Waals surface area contributed by atoms with Gasteiger partial charge in [-0.15, -0.1) is 0 Å². The van der Waals surface area contributed by atoms with Gasteiger partial charge < -0.3 is 4.74 Å². The molecule has 1 aromatic heterocycles. The van der Waals surface area contributed by atoms with Gasteiger partial charge in [0.25, 0.3) is 5.78 Å². The van der Waals surface area contributed by atoms with Crippen molar-refractivity contribution in [3.8, 4) is 0 Å². The summed E-state index contributed by atoms with van der Waals surface area (Å²) in [4.78, 5) is 25.8. The maximum absolute atomic E-state index is 12.4. The van der Waals surface area contributed by atoms with Crippen LogP contribution in [0, 0.1) is 0 Å². The molecule has 0 fully saturated rings. The van der Waals surface area contributed by atoms with E-state index in [0.717, 1.165) is 0 Å². The quantitative estimate of drug-likeness (QED) is 0.370. The molecule has 0 saturated carbocycles. The van der Waals surface area contributed by atoms with Gasteiger partial charge in [0.1, 0.15) is 5.15 Å². The van der Waals surface area contributed by atoms with Crippen LogP contribution < -0.4 is 0 Å². The fourth-order valence-corrected chi connectivity index (χ4v) is 1.26. The van der Waals surface area contributed by atoms with Crippen molar-refractivity contribution in [1.82, 2.24) is 4.98 Å². The topological polar surface area (TPSA) is 56.3 Å². The first-order valence-electron chi connectivity index (χ1n) is 4.71. The average Bonchev–Trinajstić information content (AvgIpc) is 2.27. The van der Waals surface area contributed by atoms with Gasteiger partial charge in [0, 0.05) is 6.20 Å². The molecule has 8 heteroatoms. The van der Waals surface area contributed by atoms with Crippen molar-refractivity contribution in [3.05, 3.63) is 28.5 Å². The number of aromatic nitrogens is 1. The Morgan fingerprint density at radius 2 is 2.06 bits per heavy atom. The van der Waals surface area contributed by atoms with Gasteiger partial charge in [0.15, 0.2) is 0 Å². The molecular weight excluding hydrogens is 275 g/mol. The number of rotatable bonds is 3. The van der Waals surface area contributed by atoms with E-state index in [1.54, 1.807) is 0 Å². The van der Waals surface area contributed by atoms with Gasteiger partial charge in [-0.3, -0.25) is 4.79 Å². The van der Waals surface area contributed by atoms with Crippen LogP contribution in [0.4, 0.5) is 13.2 Å². The van der Waals surface area contributed by atoms with E-state index < -0.39 is 34.2 Å². The predicted molar refractivity (Wildman–Crippen MR) is 55.2 cm³/mol. The van der Waals surface area contributed by atoms with Crippen LogP contribution in [0.15, 0.2) is 12.3 Å². The predicted octanol–water partition coefficient (Wildman–Crippen LogP) is 2.50. The number of halogens is 4. The number of hydrogen-bond acceptors (Lipinski definition) is 4. The van der Waals surface area contributed by atoms with Crippen molar-refractivity contribution in [1.29, 1.82) is 0 Å². The van der Waals surface area contributed by atoms with Gasteiger partial charge in [-0.2, -0.15) is 13.2 Å². The summed E-state index contributed by atoms with van der Waals surface area (Å²) in [5.74, 6) is -2.54. The molecule has 0 aliphatic carbocycles. The first-order valence-corrected chi connectivity index (χ1v) is 5.09. The third-order valence-corrected chi connectivity index (χ3v) is 2.17. The number of carbonyl (C=O) groups excluding carboxylic acids is 2. The van der Waals surface area contributed by atoms with Crippen molar-refractivity contribution in [2.75, 3.05) is 6.61 Å². The Labute approximate surface area is 105 Å². The summed E-state index contributed by atoms with van der Waals surface area (Å²) in [5, 5.41) is -0.485. The van der Waals surface area contributed by atoms with Crippen molar-refractivity contribution < 1.29 is 27.5 Å². The van der Waals surface area contributed by atoms with E-state index in [9.17, 15) is 22.8 Å². The molecule has 98 valence electrons. The number of ether oxygens (including phenoxy) is 1. The number of hydrogen-bond donors (Lipinski definition) is 0. The molecule has 0 N–H and O–H groups in total. The Bertz CT molecular complexity index is 488. The molecule has 0 radical (unpaired) electrons. The minimum atomic E-state index is -4.68. The third-order valence-electron chi connectivity index (χ3n) is 1.87. The molecule has 0 spiro atoms. The van der Waals surface area contributed by atoms with E-state index in [-0.39, 0.29) is 6.61 Å². The summed E-state index contributed by atoms with van der Waals surface area (Å²) in [6.07, 6.45) is -4.20.